The van der Waals surface area contributed by atoms with Crippen LogP contribution in [-0.2, 0) is 4.79 Å². The number of aliphatic carboxylic acids is 1. The van der Waals surface area contributed by atoms with E-state index in [0.717, 1.165) is 10.0 Å². The first kappa shape index (κ1) is 10.7. The summed E-state index contributed by atoms with van der Waals surface area (Å²) < 4.78 is 0.910. The number of halogens is 1. The quantitative estimate of drug-likeness (QED) is 0.901. The zero-order chi connectivity index (χ0) is 10.6. The fraction of sp³-hybridized carbons (Fsp3) is 0.200. The molecule has 4 heteroatoms. The highest BCUT2D eigenvalue weighted by Crippen LogP contribution is 2.20. The molecule has 0 aliphatic rings. The van der Waals surface area contributed by atoms with E-state index in [2.05, 4.69) is 15.9 Å². The number of benzene rings is 1. The van der Waals surface area contributed by atoms with Crippen molar-refractivity contribution < 1.29 is 9.90 Å². The average molecular weight is 254 g/mol. The van der Waals surface area contributed by atoms with E-state index in [9.17, 15) is 4.79 Å². The summed E-state index contributed by atoms with van der Waals surface area (Å²) in [7, 11) is 0. The highest BCUT2D eigenvalue weighted by atomic mass is 79.9. The Morgan fingerprint density at radius 3 is 2.50 bits per heavy atom. The zero-order valence-corrected chi connectivity index (χ0v) is 8.86. The van der Waals surface area contributed by atoms with Gasteiger partial charge in [0.1, 0.15) is 0 Å². The molecule has 0 heterocycles. The predicted octanol–water partition coefficient (Wildman–Crippen LogP) is 2.53. The minimum atomic E-state index is -0.959. The van der Waals surface area contributed by atoms with Crippen molar-refractivity contribution in [3.63, 3.8) is 0 Å². The van der Waals surface area contributed by atoms with Crippen LogP contribution in [0.3, 0.4) is 0 Å². The van der Waals surface area contributed by atoms with E-state index >= 15 is 0 Å². The fourth-order valence-corrected chi connectivity index (χ4v) is 1.37. The molecular formula is C10H8BrNO2. The number of carboxylic acids is 1. The van der Waals surface area contributed by atoms with Crippen molar-refractivity contribution in [3.8, 4) is 6.07 Å². The molecule has 0 bridgehead atoms. The Balaban J connectivity index is 2.85. The van der Waals surface area contributed by atoms with Crippen LogP contribution < -0.4 is 0 Å². The Morgan fingerprint density at radius 1 is 1.50 bits per heavy atom. The minimum Gasteiger partial charge on any atom is -0.481 e. The smallest absolute Gasteiger partial charge is 0.305 e. The van der Waals surface area contributed by atoms with Crippen LogP contribution in [0.5, 0.6) is 0 Å². The first-order valence-corrected chi connectivity index (χ1v) is 4.79. The molecule has 14 heavy (non-hydrogen) atoms. The molecule has 0 fully saturated rings. The first-order valence-electron chi connectivity index (χ1n) is 4.00. The van der Waals surface area contributed by atoms with Crippen molar-refractivity contribution in [3.05, 3.63) is 34.3 Å². The Bertz CT molecular complexity index is 367. The van der Waals surface area contributed by atoms with Gasteiger partial charge in [0.2, 0.25) is 0 Å². The summed E-state index contributed by atoms with van der Waals surface area (Å²) in [6.45, 7) is 0. The van der Waals surface area contributed by atoms with Gasteiger partial charge in [0.15, 0.2) is 0 Å². The van der Waals surface area contributed by atoms with E-state index in [0.29, 0.717) is 0 Å². The maximum Gasteiger partial charge on any atom is 0.305 e. The second kappa shape index (κ2) is 4.77. The summed E-state index contributed by atoms with van der Waals surface area (Å²) in [6.07, 6.45) is -0.155. The van der Waals surface area contributed by atoms with Crippen molar-refractivity contribution in [2.24, 2.45) is 0 Å². The van der Waals surface area contributed by atoms with Crippen LogP contribution >= 0.6 is 15.9 Å². The van der Waals surface area contributed by atoms with Crippen LogP contribution in [0.15, 0.2) is 28.7 Å². The van der Waals surface area contributed by atoms with Crippen molar-refractivity contribution in [1.29, 1.82) is 5.26 Å². The van der Waals surface area contributed by atoms with E-state index in [1.54, 1.807) is 24.3 Å². The molecule has 0 aromatic heterocycles. The molecule has 1 aromatic rings. The lowest BCUT2D eigenvalue weighted by Gasteiger charge is -2.05. The van der Waals surface area contributed by atoms with Gasteiger partial charge in [-0.3, -0.25) is 4.79 Å². The van der Waals surface area contributed by atoms with Gasteiger partial charge >= 0.3 is 5.97 Å². The number of hydrogen-bond acceptors (Lipinski definition) is 2. The number of nitrogens with zero attached hydrogens (tertiary/aromatic N) is 1. The number of carbonyl (C=O) groups is 1. The third kappa shape index (κ3) is 2.86. The monoisotopic (exact) mass is 253 g/mol. The van der Waals surface area contributed by atoms with E-state index in [1.165, 1.54) is 0 Å². The highest BCUT2D eigenvalue weighted by Gasteiger charge is 2.14. The van der Waals surface area contributed by atoms with Gasteiger partial charge < -0.3 is 5.11 Å². The molecule has 72 valence electrons. The van der Waals surface area contributed by atoms with Gasteiger partial charge in [-0.05, 0) is 17.7 Å². The number of nitriles is 1. The maximum atomic E-state index is 10.4. The van der Waals surface area contributed by atoms with Crippen LogP contribution in [0.4, 0.5) is 0 Å². The molecule has 0 saturated heterocycles. The van der Waals surface area contributed by atoms with Gasteiger partial charge in [-0.25, -0.2) is 0 Å². The summed E-state index contributed by atoms with van der Waals surface area (Å²) in [5, 5.41) is 17.3. The Kier molecular flexibility index (Phi) is 3.66. The van der Waals surface area contributed by atoms with Crippen LogP contribution in [0.2, 0.25) is 0 Å². The van der Waals surface area contributed by atoms with Gasteiger partial charge in [-0.15, -0.1) is 0 Å². The topological polar surface area (TPSA) is 61.1 Å². The predicted molar refractivity (Wildman–Crippen MR) is 54.7 cm³/mol. The number of carboxylic acid groups (broad SMARTS) is 1. The van der Waals surface area contributed by atoms with Gasteiger partial charge in [0.25, 0.3) is 0 Å². The third-order valence-electron chi connectivity index (χ3n) is 1.81. The molecule has 0 aliphatic carbocycles. The van der Waals surface area contributed by atoms with Crippen LogP contribution in [0.1, 0.15) is 17.9 Å². The first-order chi connectivity index (χ1) is 6.63. The Morgan fingerprint density at radius 2 is 2.07 bits per heavy atom. The van der Waals surface area contributed by atoms with Crippen molar-refractivity contribution >= 4 is 21.9 Å². The van der Waals surface area contributed by atoms with Gasteiger partial charge in [0.05, 0.1) is 18.4 Å². The summed E-state index contributed by atoms with van der Waals surface area (Å²) in [6, 6.07) is 9.06. The minimum absolute atomic E-state index is 0.155. The Labute approximate surface area is 90.1 Å². The van der Waals surface area contributed by atoms with Crippen LogP contribution in [-0.4, -0.2) is 11.1 Å². The van der Waals surface area contributed by atoms with Gasteiger partial charge in [-0.1, -0.05) is 28.1 Å². The average Bonchev–Trinajstić information content (AvgIpc) is 2.15. The largest absolute Gasteiger partial charge is 0.481 e. The lowest BCUT2D eigenvalue weighted by molar-refractivity contribution is -0.137. The molecule has 0 radical (unpaired) electrons. The Hall–Kier alpha value is -1.34. The fourth-order valence-electron chi connectivity index (χ4n) is 1.11. The van der Waals surface area contributed by atoms with Crippen molar-refractivity contribution in [1.82, 2.24) is 0 Å². The lowest BCUT2D eigenvalue weighted by atomic mass is 9.98. The normalized spacial score (nSPS) is 11.7. The molecule has 1 rings (SSSR count). The summed E-state index contributed by atoms with van der Waals surface area (Å²) in [5.41, 5.74) is 0.734. The molecule has 1 N–H and O–H groups in total. The standard InChI is InChI=1S/C10H8BrNO2/c11-9-3-1-7(2-4-9)8(6-12)5-10(13)14/h1-4,8H,5H2,(H,13,14). The SMILES string of the molecule is N#CC(CC(=O)O)c1ccc(Br)cc1. The molecule has 3 nitrogen and oxygen atoms in total. The van der Waals surface area contributed by atoms with Gasteiger partial charge in [-0.2, -0.15) is 5.26 Å². The van der Waals surface area contributed by atoms with E-state index < -0.39 is 11.9 Å². The van der Waals surface area contributed by atoms with Crippen LogP contribution in [0.25, 0.3) is 0 Å². The number of rotatable bonds is 3. The highest BCUT2D eigenvalue weighted by molar-refractivity contribution is 9.10. The van der Waals surface area contributed by atoms with E-state index in [1.807, 2.05) is 6.07 Å². The summed E-state index contributed by atoms with van der Waals surface area (Å²) in [4.78, 5) is 10.4. The molecule has 0 spiro atoms. The van der Waals surface area contributed by atoms with Crippen molar-refractivity contribution in [2.75, 3.05) is 0 Å². The second-order valence-corrected chi connectivity index (χ2v) is 3.75. The molecule has 0 saturated carbocycles. The zero-order valence-electron chi connectivity index (χ0n) is 7.27. The third-order valence-corrected chi connectivity index (χ3v) is 2.34. The van der Waals surface area contributed by atoms with Gasteiger partial charge in [0, 0.05) is 4.47 Å². The molecular weight excluding hydrogens is 246 g/mol. The molecule has 0 aliphatic heterocycles. The van der Waals surface area contributed by atoms with E-state index in [-0.39, 0.29) is 6.42 Å². The summed E-state index contributed by atoms with van der Waals surface area (Å²) >= 11 is 3.27. The number of hydrogen-bond donors (Lipinski definition) is 1. The van der Waals surface area contributed by atoms with Crippen molar-refractivity contribution in [2.45, 2.75) is 12.3 Å². The molecule has 0 amide bonds. The molecule has 1 atom stereocenters. The molecule has 1 unspecified atom stereocenters. The maximum absolute atomic E-state index is 10.4. The summed E-state index contributed by atoms with van der Waals surface area (Å²) in [5.74, 6) is -1.53. The lowest BCUT2D eigenvalue weighted by Crippen LogP contribution is -2.04. The van der Waals surface area contributed by atoms with Crippen LogP contribution in [0, 0.1) is 11.3 Å². The van der Waals surface area contributed by atoms with E-state index in [4.69, 9.17) is 10.4 Å². The molecule has 1 aromatic carbocycles. The second-order valence-electron chi connectivity index (χ2n) is 2.83.